The first-order valence-corrected chi connectivity index (χ1v) is 5.07. The first-order valence-electron chi connectivity index (χ1n) is 5.07. The third kappa shape index (κ3) is 2.75. The first kappa shape index (κ1) is 11.0. The summed E-state index contributed by atoms with van der Waals surface area (Å²) in [5, 5.41) is 2.66. The predicted octanol–water partition coefficient (Wildman–Crippen LogP) is 2.15. The molecular weight excluding hydrogens is 216 g/mol. The number of hydrogen-bond acceptors (Lipinski definition) is 3. The average molecular weight is 226 g/mol. The van der Waals surface area contributed by atoms with E-state index < -0.39 is 0 Å². The zero-order valence-corrected chi connectivity index (χ0v) is 8.96. The van der Waals surface area contributed by atoms with Gasteiger partial charge in [-0.15, -0.1) is 0 Å². The van der Waals surface area contributed by atoms with E-state index in [9.17, 15) is 9.59 Å². The van der Waals surface area contributed by atoms with Gasteiger partial charge in [-0.2, -0.15) is 0 Å². The van der Waals surface area contributed by atoms with E-state index in [0.717, 1.165) is 6.29 Å². The average Bonchev–Trinajstić information content (AvgIpc) is 2.40. The van der Waals surface area contributed by atoms with Crippen LogP contribution in [0.15, 0.2) is 48.7 Å². The minimum absolute atomic E-state index is 0.249. The fourth-order valence-electron chi connectivity index (χ4n) is 1.34. The molecule has 0 aliphatic rings. The molecule has 0 fully saturated rings. The zero-order chi connectivity index (χ0) is 12.1. The Labute approximate surface area is 98.3 Å². The fraction of sp³-hybridized carbons (Fsp3) is 0. The Bertz CT molecular complexity index is 521. The van der Waals surface area contributed by atoms with Gasteiger partial charge in [0.1, 0.15) is 12.1 Å². The molecule has 4 nitrogen and oxygen atoms in total. The molecule has 1 heterocycles. The molecule has 1 N–H and O–H groups in total. The number of nitrogens with zero attached hydrogens (tertiary/aromatic N) is 1. The van der Waals surface area contributed by atoms with E-state index >= 15 is 0 Å². The molecule has 0 aliphatic carbocycles. The van der Waals surface area contributed by atoms with Gasteiger partial charge < -0.3 is 5.32 Å². The highest BCUT2D eigenvalue weighted by molar-refractivity contribution is 6.04. The maximum atomic E-state index is 11.8. The van der Waals surface area contributed by atoms with Crippen molar-refractivity contribution in [2.24, 2.45) is 0 Å². The van der Waals surface area contributed by atoms with Crippen LogP contribution in [-0.4, -0.2) is 17.2 Å². The van der Waals surface area contributed by atoms with Crippen LogP contribution in [0.2, 0.25) is 0 Å². The molecule has 0 radical (unpaired) electrons. The molecule has 1 aromatic heterocycles. The summed E-state index contributed by atoms with van der Waals surface area (Å²) < 4.78 is 0. The SMILES string of the molecule is O=Cc1ccc(C(=O)Nc2ccccn2)cc1. The van der Waals surface area contributed by atoms with Crippen molar-refractivity contribution in [3.63, 3.8) is 0 Å². The third-order valence-electron chi connectivity index (χ3n) is 2.22. The van der Waals surface area contributed by atoms with Gasteiger partial charge in [0, 0.05) is 17.3 Å². The number of benzene rings is 1. The van der Waals surface area contributed by atoms with Crippen LogP contribution in [0.1, 0.15) is 20.7 Å². The maximum Gasteiger partial charge on any atom is 0.256 e. The van der Waals surface area contributed by atoms with E-state index in [-0.39, 0.29) is 5.91 Å². The van der Waals surface area contributed by atoms with Gasteiger partial charge in [-0.3, -0.25) is 9.59 Å². The second kappa shape index (κ2) is 5.03. The fourth-order valence-corrected chi connectivity index (χ4v) is 1.34. The monoisotopic (exact) mass is 226 g/mol. The summed E-state index contributed by atoms with van der Waals surface area (Å²) in [7, 11) is 0. The molecule has 4 heteroatoms. The van der Waals surface area contributed by atoms with Gasteiger partial charge in [0.15, 0.2) is 0 Å². The van der Waals surface area contributed by atoms with Crippen molar-refractivity contribution >= 4 is 18.0 Å². The minimum atomic E-state index is -0.249. The smallest absolute Gasteiger partial charge is 0.256 e. The topological polar surface area (TPSA) is 59.1 Å². The lowest BCUT2D eigenvalue weighted by molar-refractivity contribution is 0.102. The molecule has 0 saturated carbocycles. The number of hydrogen-bond donors (Lipinski definition) is 1. The quantitative estimate of drug-likeness (QED) is 0.816. The van der Waals surface area contributed by atoms with Crippen LogP contribution < -0.4 is 5.32 Å². The van der Waals surface area contributed by atoms with Crippen LogP contribution in [0, 0.1) is 0 Å². The summed E-state index contributed by atoms with van der Waals surface area (Å²) in [6.45, 7) is 0. The molecule has 2 aromatic rings. The van der Waals surface area contributed by atoms with E-state index in [2.05, 4.69) is 10.3 Å². The van der Waals surface area contributed by atoms with Crippen molar-refractivity contribution < 1.29 is 9.59 Å². The second-order valence-corrected chi connectivity index (χ2v) is 3.41. The highest BCUT2D eigenvalue weighted by atomic mass is 16.1. The number of nitrogens with one attached hydrogen (secondary N) is 1. The van der Waals surface area contributed by atoms with Gasteiger partial charge in [-0.1, -0.05) is 18.2 Å². The molecule has 0 spiro atoms. The molecule has 1 aromatic carbocycles. The number of pyridine rings is 1. The summed E-state index contributed by atoms with van der Waals surface area (Å²) >= 11 is 0. The lowest BCUT2D eigenvalue weighted by Gasteiger charge is -2.03. The Hall–Kier alpha value is -2.49. The Morgan fingerprint density at radius 1 is 1.12 bits per heavy atom. The zero-order valence-electron chi connectivity index (χ0n) is 8.96. The molecular formula is C13H10N2O2. The Balaban J connectivity index is 2.12. The molecule has 0 aliphatic heterocycles. The van der Waals surface area contributed by atoms with E-state index in [1.165, 1.54) is 0 Å². The van der Waals surface area contributed by atoms with Gasteiger partial charge in [-0.05, 0) is 24.3 Å². The molecule has 0 unspecified atom stereocenters. The molecule has 0 bridgehead atoms. The number of carbonyl (C=O) groups excluding carboxylic acids is 2. The molecule has 0 saturated heterocycles. The van der Waals surface area contributed by atoms with Crippen LogP contribution in [0.4, 0.5) is 5.82 Å². The minimum Gasteiger partial charge on any atom is -0.307 e. The molecule has 1 amide bonds. The van der Waals surface area contributed by atoms with Gasteiger partial charge in [0.05, 0.1) is 0 Å². The number of aromatic nitrogens is 1. The Kier molecular flexibility index (Phi) is 3.25. The highest BCUT2D eigenvalue weighted by Gasteiger charge is 2.05. The van der Waals surface area contributed by atoms with E-state index in [1.807, 2.05) is 0 Å². The third-order valence-corrected chi connectivity index (χ3v) is 2.22. The number of carbonyl (C=O) groups is 2. The van der Waals surface area contributed by atoms with Crippen LogP contribution in [0.25, 0.3) is 0 Å². The van der Waals surface area contributed by atoms with E-state index in [4.69, 9.17) is 0 Å². The van der Waals surface area contributed by atoms with Crippen molar-refractivity contribution in [3.8, 4) is 0 Å². The highest BCUT2D eigenvalue weighted by Crippen LogP contribution is 2.06. The number of rotatable bonds is 3. The largest absolute Gasteiger partial charge is 0.307 e. The van der Waals surface area contributed by atoms with Crippen molar-refractivity contribution in [2.45, 2.75) is 0 Å². The number of anilines is 1. The van der Waals surface area contributed by atoms with Crippen molar-refractivity contribution in [1.29, 1.82) is 0 Å². The summed E-state index contributed by atoms with van der Waals surface area (Å²) in [5.41, 5.74) is 1.03. The lowest BCUT2D eigenvalue weighted by Crippen LogP contribution is -2.12. The van der Waals surface area contributed by atoms with Gasteiger partial charge in [-0.25, -0.2) is 4.98 Å². The van der Waals surface area contributed by atoms with Gasteiger partial charge in [0.2, 0.25) is 0 Å². The Morgan fingerprint density at radius 2 is 1.88 bits per heavy atom. The predicted molar refractivity (Wildman–Crippen MR) is 64.0 cm³/mol. The summed E-state index contributed by atoms with van der Waals surface area (Å²) in [6, 6.07) is 11.7. The van der Waals surface area contributed by atoms with Crippen LogP contribution in [0.5, 0.6) is 0 Å². The number of aldehydes is 1. The van der Waals surface area contributed by atoms with Crippen LogP contribution >= 0.6 is 0 Å². The first-order chi connectivity index (χ1) is 8.29. The summed E-state index contributed by atoms with van der Waals surface area (Å²) in [4.78, 5) is 26.2. The molecule has 84 valence electrons. The number of amides is 1. The maximum absolute atomic E-state index is 11.8. The van der Waals surface area contributed by atoms with Crippen molar-refractivity contribution in [3.05, 3.63) is 59.8 Å². The standard InChI is InChI=1S/C13H10N2O2/c16-9-10-4-6-11(7-5-10)13(17)15-12-3-1-2-8-14-12/h1-9H,(H,14,15,17). The molecule has 17 heavy (non-hydrogen) atoms. The van der Waals surface area contributed by atoms with Gasteiger partial charge >= 0.3 is 0 Å². The van der Waals surface area contributed by atoms with Crippen LogP contribution in [0.3, 0.4) is 0 Å². The lowest BCUT2D eigenvalue weighted by atomic mass is 10.1. The molecule has 0 atom stereocenters. The van der Waals surface area contributed by atoms with Crippen molar-refractivity contribution in [2.75, 3.05) is 5.32 Å². The van der Waals surface area contributed by atoms with E-state index in [1.54, 1.807) is 48.7 Å². The van der Waals surface area contributed by atoms with Crippen LogP contribution in [-0.2, 0) is 0 Å². The molecule has 2 rings (SSSR count). The van der Waals surface area contributed by atoms with Crippen molar-refractivity contribution in [1.82, 2.24) is 4.98 Å². The normalized spacial score (nSPS) is 9.65. The van der Waals surface area contributed by atoms with E-state index in [0.29, 0.717) is 16.9 Å². The summed E-state index contributed by atoms with van der Waals surface area (Å²) in [5.74, 6) is 0.248. The van der Waals surface area contributed by atoms with Gasteiger partial charge in [0.25, 0.3) is 5.91 Å². The Morgan fingerprint density at radius 3 is 2.47 bits per heavy atom. The second-order valence-electron chi connectivity index (χ2n) is 3.41. The summed E-state index contributed by atoms with van der Waals surface area (Å²) in [6.07, 6.45) is 2.34.